The van der Waals surface area contributed by atoms with Gasteiger partial charge in [0, 0.05) is 10.9 Å². The van der Waals surface area contributed by atoms with Gasteiger partial charge in [0.15, 0.2) is 5.78 Å². The molecule has 1 aliphatic heterocycles. The third-order valence-corrected chi connectivity index (χ3v) is 3.84. The molecule has 2 unspecified atom stereocenters. The van der Waals surface area contributed by atoms with Gasteiger partial charge in [-0.3, -0.25) is 4.79 Å². The lowest BCUT2D eigenvalue weighted by Crippen LogP contribution is -2.18. The van der Waals surface area contributed by atoms with Gasteiger partial charge in [-0.2, -0.15) is 0 Å². The summed E-state index contributed by atoms with van der Waals surface area (Å²) < 4.78 is 10.8. The van der Waals surface area contributed by atoms with Gasteiger partial charge in [0.25, 0.3) is 0 Å². The normalized spacial score (nSPS) is 23.0. The summed E-state index contributed by atoms with van der Waals surface area (Å²) in [5.74, 6) is -0.422. The van der Waals surface area contributed by atoms with Crippen LogP contribution >= 0.6 is 11.3 Å². The minimum Gasteiger partial charge on any atom is -0.459 e. The van der Waals surface area contributed by atoms with Crippen LogP contribution in [0.25, 0.3) is 0 Å². The molecule has 0 N–H and O–H groups in total. The van der Waals surface area contributed by atoms with E-state index >= 15 is 0 Å². The van der Waals surface area contributed by atoms with E-state index in [-0.39, 0.29) is 30.6 Å². The van der Waals surface area contributed by atoms with Crippen LogP contribution in [0.3, 0.4) is 0 Å². The van der Waals surface area contributed by atoms with Gasteiger partial charge < -0.3 is 9.47 Å². The fourth-order valence-corrected chi connectivity index (χ4v) is 2.71. The maximum absolute atomic E-state index is 11.7. The zero-order chi connectivity index (χ0) is 13.1. The number of hydrogen-bond donors (Lipinski definition) is 0. The molecule has 1 aromatic rings. The second-order valence-corrected chi connectivity index (χ2v) is 5.41. The zero-order valence-electron chi connectivity index (χ0n) is 10.5. The van der Waals surface area contributed by atoms with Crippen LogP contribution < -0.4 is 0 Å². The van der Waals surface area contributed by atoms with Crippen LogP contribution in [0.4, 0.5) is 0 Å². The van der Waals surface area contributed by atoms with Crippen LogP contribution in [-0.2, 0) is 9.47 Å². The van der Waals surface area contributed by atoms with E-state index in [1.54, 1.807) is 11.4 Å². The lowest BCUT2D eigenvalue weighted by molar-refractivity contribution is -0.00237. The first kappa shape index (κ1) is 13.2. The molecule has 2 heterocycles. The van der Waals surface area contributed by atoms with Gasteiger partial charge >= 0.3 is 5.97 Å². The molecular formula is C13H16O4S. The largest absolute Gasteiger partial charge is 0.459 e. The van der Waals surface area contributed by atoms with Crippen molar-refractivity contribution >= 4 is 23.1 Å². The molecule has 1 aliphatic rings. The van der Waals surface area contributed by atoms with E-state index < -0.39 is 0 Å². The Bertz CT molecular complexity index is 452. The highest BCUT2D eigenvalue weighted by Crippen LogP contribution is 2.21. The Kier molecular flexibility index (Phi) is 4.14. The summed E-state index contributed by atoms with van der Waals surface area (Å²) in [5, 5.41) is 1.67. The van der Waals surface area contributed by atoms with Crippen molar-refractivity contribution in [2.75, 3.05) is 6.61 Å². The van der Waals surface area contributed by atoms with Crippen LogP contribution in [0.1, 0.15) is 46.7 Å². The number of carbonyl (C=O) groups is 2. The topological polar surface area (TPSA) is 52.6 Å². The van der Waals surface area contributed by atoms with Gasteiger partial charge in [0.2, 0.25) is 0 Å². The molecule has 18 heavy (non-hydrogen) atoms. The number of Topliss-reactive ketones (excluding diaryl/α,β-unsaturated/α-hetero) is 1. The van der Waals surface area contributed by atoms with Gasteiger partial charge in [0.05, 0.1) is 12.2 Å². The highest BCUT2D eigenvalue weighted by atomic mass is 32.1. The molecule has 4 nitrogen and oxygen atoms in total. The van der Waals surface area contributed by atoms with E-state index in [1.165, 1.54) is 18.3 Å². The Balaban J connectivity index is 1.85. The molecule has 0 aromatic carbocycles. The molecule has 98 valence electrons. The first-order valence-corrected chi connectivity index (χ1v) is 6.86. The Labute approximate surface area is 110 Å². The number of ketones is 1. The zero-order valence-corrected chi connectivity index (χ0v) is 11.3. The molecule has 0 aliphatic carbocycles. The smallest absolute Gasteiger partial charge is 0.348 e. The Morgan fingerprint density at radius 1 is 1.50 bits per heavy atom. The first-order chi connectivity index (χ1) is 8.56. The molecule has 1 aromatic heterocycles. The van der Waals surface area contributed by atoms with Crippen molar-refractivity contribution in [3.05, 3.63) is 21.9 Å². The summed E-state index contributed by atoms with van der Waals surface area (Å²) in [7, 11) is 0. The van der Waals surface area contributed by atoms with Crippen LogP contribution in [-0.4, -0.2) is 30.6 Å². The number of esters is 1. The Morgan fingerprint density at radius 2 is 2.28 bits per heavy atom. The second kappa shape index (κ2) is 5.63. The molecule has 0 spiro atoms. The van der Waals surface area contributed by atoms with Crippen LogP contribution in [0.15, 0.2) is 11.4 Å². The van der Waals surface area contributed by atoms with E-state index in [9.17, 15) is 9.59 Å². The number of ether oxygens (including phenoxy) is 2. The average Bonchev–Trinajstić information content (AvgIpc) is 2.94. The van der Waals surface area contributed by atoms with Crippen molar-refractivity contribution in [3.8, 4) is 0 Å². The van der Waals surface area contributed by atoms with E-state index in [1.807, 2.05) is 6.92 Å². The molecule has 0 amide bonds. The minimum absolute atomic E-state index is 0.0104. The molecule has 0 saturated carbocycles. The molecule has 2 atom stereocenters. The summed E-state index contributed by atoms with van der Waals surface area (Å²) in [6.07, 6.45) is 2.20. The summed E-state index contributed by atoms with van der Waals surface area (Å²) in [6.45, 7) is 3.78. The number of rotatable bonds is 4. The summed E-state index contributed by atoms with van der Waals surface area (Å²) in [5.41, 5.74) is 0.553. The van der Waals surface area contributed by atoms with Gasteiger partial charge in [-0.05, 0) is 32.8 Å². The summed E-state index contributed by atoms with van der Waals surface area (Å²) in [6, 6.07) is 1.58. The number of hydrogen-bond acceptors (Lipinski definition) is 5. The lowest BCUT2D eigenvalue weighted by Gasteiger charge is -2.10. The van der Waals surface area contributed by atoms with Crippen LogP contribution in [0, 0.1) is 0 Å². The summed E-state index contributed by atoms with van der Waals surface area (Å²) >= 11 is 1.23. The lowest BCUT2D eigenvalue weighted by atomic mass is 10.2. The van der Waals surface area contributed by atoms with Gasteiger partial charge in [-0.25, -0.2) is 4.79 Å². The molecule has 0 bridgehead atoms. The molecule has 2 rings (SSSR count). The maximum Gasteiger partial charge on any atom is 0.348 e. The standard InChI is InChI=1S/C13H16O4S/c1-8-3-4-11(17-8)6-16-13(15)12-5-10(7-18-12)9(2)14/h5,7-8,11H,3-4,6H2,1-2H3. The molecule has 1 saturated heterocycles. The average molecular weight is 268 g/mol. The van der Waals surface area contributed by atoms with E-state index in [0.717, 1.165) is 12.8 Å². The highest BCUT2D eigenvalue weighted by molar-refractivity contribution is 7.12. The first-order valence-electron chi connectivity index (χ1n) is 5.98. The molecule has 5 heteroatoms. The van der Waals surface area contributed by atoms with Crippen molar-refractivity contribution in [2.45, 2.75) is 38.9 Å². The van der Waals surface area contributed by atoms with Gasteiger partial charge in [-0.1, -0.05) is 0 Å². The molecular weight excluding hydrogens is 252 g/mol. The Hall–Kier alpha value is -1.20. The van der Waals surface area contributed by atoms with Crippen molar-refractivity contribution in [1.29, 1.82) is 0 Å². The molecule has 1 fully saturated rings. The minimum atomic E-state index is -0.379. The SMILES string of the molecule is CC(=O)c1csc(C(=O)OCC2CCC(C)O2)c1. The monoisotopic (exact) mass is 268 g/mol. The fraction of sp³-hybridized carbons (Fsp3) is 0.538. The van der Waals surface area contributed by atoms with E-state index in [2.05, 4.69) is 0 Å². The second-order valence-electron chi connectivity index (χ2n) is 4.50. The summed E-state index contributed by atoms with van der Waals surface area (Å²) in [4.78, 5) is 23.3. The maximum atomic E-state index is 11.7. The van der Waals surface area contributed by atoms with Crippen molar-refractivity contribution in [2.24, 2.45) is 0 Å². The Morgan fingerprint density at radius 3 is 2.83 bits per heavy atom. The van der Waals surface area contributed by atoms with Crippen LogP contribution in [0.2, 0.25) is 0 Å². The van der Waals surface area contributed by atoms with E-state index in [0.29, 0.717) is 10.4 Å². The third-order valence-electron chi connectivity index (χ3n) is 2.93. The highest BCUT2D eigenvalue weighted by Gasteiger charge is 2.23. The third kappa shape index (κ3) is 3.17. The predicted molar refractivity (Wildman–Crippen MR) is 68.2 cm³/mol. The van der Waals surface area contributed by atoms with Crippen molar-refractivity contribution in [3.63, 3.8) is 0 Å². The quantitative estimate of drug-likeness (QED) is 0.622. The number of carbonyl (C=O) groups excluding carboxylic acids is 2. The van der Waals surface area contributed by atoms with Crippen molar-refractivity contribution in [1.82, 2.24) is 0 Å². The van der Waals surface area contributed by atoms with Crippen molar-refractivity contribution < 1.29 is 19.1 Å². The van der Waals surface area contributed by atoms with Crippen LogP contribution in [0.5, 0.6) is 0 Å². The number of thiophene rings is 1. The van der Waals surface area contributed by atoms with Gasteiger partial charge in [0.1, 0.15) is 11.5 Å². The fourth-order valence-electron chi connectivity index (χ4n) is 1.88. The van der Waals surface area contributed by atoms with E-state index in [4.69, 9.17) is 9.47 Å². The predicted octanol–water partition coefficient (Wildman–Crippen LogP) is 2.68. The van der Waals surface area contributed by atoms with Gasteiger partial charge in [-0.15, -0.1) is 11.3 Å². The molecule has 0 radical (unpaired) electrons.